The van der Waals surface area contributed by atoms with Gasteiger partial charge in [-0.05, 0) is 30.3 Å². The Balaban J connectivity index is 2.03. The maximum Gasteiger partial charge on any atom is 0.264 e. The summed E-state index contributed by atoms with van der Waals surface area (Å²) >= 11 is 0. The first kappa shape index (κ1) is 17.7. The number of carbonyl (C=O) groups is 2. The van der Waals surface area contributed by atoms with Gasteiger partial charge in [-0.3, -0.25) is 13.9 Å². The van der Waals surface area contributed by atoms with Gasteiger partial charge in [-0.1, -0.05) is 12.1 Å². The fourth-order valence-corrected chi connectivity index (χ4v) is 3.84. The number of carbonyl (C=O) groups excluding carboxylic acids is 2. The lowest BCUT2D eigenvalue weighted by molar-refractivity contribution is -0.123. The van der Waals surface area contributed by atoms with E-state index in [9.17, 15) is 18.0 Å². The molecule has 0 aromatic heterocycles. The maximum atomic E-state index is 13.0. The minimum Gasteiger partial charge on any atom is -0.495 e. The molecule has 3 rings (SSSR count). The van der Waals surface area contributed by atoms with Crippen molar-refractivity contribution >= 4 is 38.9 Å². The zero-order chi connectivity index (χ0) is 18.9. The van der Waals surface area contributed by atoms with Crippen molar-refractivity contribution in [2.45, 2.75) is 11.3 Å². The van der Waals surface area contributed by atoms with Crippen LogP contribution in [0.2, 0.25) is 0 Å². The zero-order valence-electron chi connectivity index (χ0n) is 14.1. The van der Waals surface area contributed by atoms with E-state index in [1.54, 1.807) is 24.3 Å². The molecule has 0 atom stereocenters. The van der Waals surface area contributed by atoms with Gasteiger partial charge in [-0.25, -0.2) is 8.42 Å². The molecule has 0 radical (unpaired) electrons. The average molecular weight is 375 g/mol. The Morgan fingerprint density at radius 1 is 1.00 bits per heavy atom. The standard InChI is InChI=1S/C17H17N3O5S/c1-20(14-5-3-4-6-15(14)25-2)26(23,24)11-7-8-12-13(9-11)19-17(22)10-16(21)18-12/h3-9H,10H2,1-2H3,(H,18,21)(H,19,22). The molecule has 0 saturated heterocycles. The highest BCUT2D eigenvalue weighted by Crippen LogP contribution is 2.33. The average Bonchev–Trinajstić information content (AvgIpc) is 2.76. The molecule has 8 nitrogen and oxygen atoms in total. The Labute approximate surface area is 150 Å². The van der Waals surface area contributed by atoms with Crippen LogP contribution in [0.4, 0.5) is 17.1 Å². The lowest BCUT2D eigenvalue weighted by atomic mass is 10.2. The highest BCUT2D eigenvalue weighted by atomic mass is 32.2. The third-order valence-electron chi connectivity index (χ3n) is 3.94. The lowest BCUT2D eigenvalue weighted by Crippen LogP contribution is -2.27. The van der Waals surface area contributed by atoms with E-state index in [1.807, 2.05) is 0 Å². The molecule has 0 unspecified atom stereocenters. The first-order valence-electron chi connectivity index (χ1n) is 7.68. The van der Waals surface area contributed by atoms with Crippen molar-refractivity contribution < 1.29 is 22.7 Å². The van der Waals surface area contributed by atoms with Crippen molar-refractivity contribution in [2.75, 3.05) is 29.1 Å². The zero-order valence-corrected chi connectivity index (χ0v) is 15.0. The van der Waals surface area contributed by atoms with Crippen LogP contribution in [0.5, 0.6) is 5.75 Å². The first-order chi connectivity index (χ1) is 12.3. The van der Waals surface area contributed by atoms with Crippen molar-refractivity contribution in [2.24, 2.45) is 0 Å². The van der Waals surface area contributed by atoms with E-state index >= 15 is 0 Å². The number of hydrogen-bond donors (Lipinski definition) is 2. The molecule has 1 heterocycles. The quantitative estimate of drug-likeness (QED) is 0.793. The molecular weight excluding hydrogens is 358 g/mol. The van der Waals surface area contributed by atoms with E-state index in [2.05, 4.69) is 10.6 Å². The van der Waals surface area contributed by atoms with Crippen molar-refractivity contribution in [1.29, 1.82) is 0 Å². The van der Waals surface area contributed by atoms with Gasteiger partial charge in [-0.15, -0.1) is 0 Å². The number of fused-ring (bicyclic) bond motifs is 1. The van der Waals surface area contributed by atoms with E-state index in [0.29, 0.717) is 17.1 Å². The Kier molecular flexibility index (Phi) is 4.56. The molecule has 0 spiro atoms. The summed E-state index contributed by atoms with van der Waals surface area (Å²) in [6.45, 7) is 0. The molecule has 2 amide bonds. The second kappa shape index (κ2) is 6.68. The number of ether oxygens (including phenoxy) is 1. The van der Waals surface area contributed by atoms with Crippen LogP contribution in [0.1, 0.15) is 6.42 Å². The Bertz CT molecular complexity index is 988. The first-order valence-corrected chi connectivity index (χ1v) is 9.12. The smallest absolute Gasteiger partial charge is 0.264 e. The fraction of sp³-hybridized carbons (Fsp3) is 0.176. The number of amides is 2. The van der Waals surface area contributed by atoms with Crippen LogP contribution in [-0.4, -0.2) is 34.4 Å². The summed E-state index contributed by atoms with van der Waals surface area (Å²) in [7, 11) is -1.04. The number of benzene rings is 2. The molecule has 26 heavy (non-hydrogen) atoms. The summed E-state index contributed by atoms with van der Waals surface area (Å²) in [6.07, 6.45) is -0.322. The molecule has 1 aliphatic rings. The van der Waals surface area contributed by atoms with Crippen LogP contribution < -0.4 is 19.7 Å². The van der Waals surface area contributed by atoms with E-state index in [1.165, 1.54) is 32.4 Å². The molecule has 0 aliphatic carbocycles. The lowest BCUT2D eigenvalue weighted by Gasteiger charge is -2.22. The molecule has 0 saturated carbocycles. The maximum absolute atomic E-state index is 13.0. The van der Waals surface area contributed by atoms with Crippen molar-refractivity contribution in [3.63, 3.8) is 0 Å². The minimum atomic E-state index is -3.91. The Morgan fingerprint density at radius 2 is 1.65 bits per heavy atom. The number of nitrogens with zero attached hydrogens (tertiary/aromatic N) is 1. The summed E-state index contributed by atoms with van der Waals surface area (Å²) < 4.78 is 32.3. The summed E-state index contributed by atoms with van der Waals surface area (Å²) in [5, 5.41) is 5.10. The normalized spacial score (nSPS) is 13.9. The molecule has 2 aromatic carbocycles. The van der Waals surface area contributed by atoms with Gasteiger partial charge in [0.1, 0.15) is 12.2 Å². The third kappa shape index (κ3) is 3.21. The molecular formula is C17H17N3O5S. The van der Waals surface area contributed by atoms with Crippen LogP contribution >= 0.6 is 0 Å². The second-order valence-electron chi connectivity index (χ2n) is 5.62. The van der Waals surface area contributed by atoms with Gasteiger partial charge < -0.3 is 15.4 Å². The monoisotopic (exact) mass is 375 g/mol. The van der Waals surface area contributed by atoms with Gasteiger partial charge in [0.2, 0.25) is 11.8 Å². The number of methoxy groups -OCH3 is 1. The van der Waals surface area contributed by atoms with Gasteiger partial charge in [-0.2, -0.15) is 0 Å². The molecule has 9 heteroatoms. The number of rotatable bonds is 4. The van der Waals surface area contributed by atoms with E-state index < -0.39 is 21.8 Å². The molecule has 2 aromatic rings. The van der Waals surface area contributed by atoms with Crippen molar-refractivity contribution in [3.8, 4) is 5.75 Å². The predicted octanol–water partition coefficient (Wildman–Crippen LogP) is 1.80. The van der Waals surface area contributed by atoms with Crippen LogP contribution in [0, 0.1) is 0 Å². The van der Waals surface area contributed by atoms with Gasteiger partial charge in [0.05, 0.1) is 29.1 Å². The van der Waals surface area contributed by atoms with Gasteiger partial charge in [0.25, 0.3) is 10.0 Å². The molecule has 0 bridgehead atoms. The highest BCUT2D eigenvalue weighted by molar-refractivity contribution is 7.92. The highest BCUT2D eigenvalue weighted by Gasteiger charge is 2.26. The van der Waals surface area contributed by atoms with E-state index in [4.69, 9.17) is 4.74 Å². The largest absolute Gasteiger partial charge is 0.495 e. The number of hydrogen-bond acceptors (Lipinski definition) is 5. The molecule has 136 valence electrons. The predicted molar refractivity (Wildman–Crippen MR) is 96.9 cm³/mol. The van der Waals surface area contributed by atoms with Crippen LogP contribution in [0.15, 0.2) is 47.4 Å². The van der Waals surface area contributed by atoms with Gasteiger partial charge in [0, 0.05) is 7.05 Å². The van der Waals surface area contributed by atoms with E-state index in [0.717, 1.165) is 4.31 Å². The second-order valence-corrected chi connectivity index (χ2v) is 7.59. The Morgan fingerprint density at radius 3 is 2.35 bits per heavy atom. The Hall–Kier alpha value is -3.07. The summed E-state index contributed by atoms with van der Waals surface area (Å²) in [4.78, 5) is 23.3. The van der Waals surface area contributed by atoms with Crippen LogP contribution in [-0.2, 0) is 19.6 Å². The van der Waals surface area contributed by atoms with E-state index in [-0.39, 0.29) is 17.0 Å². The van der Waals surface area contributed by atoms with Crippen LogP contribution in [0.3, 0.4) is 0 Å². The third-order valence-corrected chi connectivity index (χ3v) is 5.71. The summed E-state index contributed by atoms with van der Waals surface area (Å²) in [5.74, 6) is -0.550. The minimum absolute atomic E-state index is 0.0268. The fourth-order valence-electron chi connectivity index (χ4n) is 2.61. The summed E-state index contributed by atoms with van der Waals surface area (Å²) in [6, 6.07) is 10.9. The van der Waals surface area contributed by atoms with Crippen molar-refractivity contribution in [3.05, 3.63) is 42.5 Å². The number of nitrogens with one attached hydrogen (secondary N) is 2. The van der Waals surface area contributed by atoms with Gasteiger partial charge >= 0.3 is 0 Å². The number of para-hydroxylation sites is 2. The number of anilines is 3. The van der Waals surface area contributed by atoms with Crippen molar-refractivity contribution in [1.82, 2.24) is 0 Å². The van der Waals surface area contributed by atoms with Gasteiger partial charge in [0.15, 0.2) is 0 Å². The SMILES string of the molecule is COc1ccccc1N(C)S(=O)(=O)c1ccc2c(c1)NC(=O)CC(=O)N2. The number of sulfonamides is 1. The molecule has 0 fully saturated rings. The molecule has 1 aliphatic heterocycles. The topological polar surface area (TPSA) is 105 Å². The molecule has 2 N–H and O–H groups in total. The summed E-state index contributed by atoms with van der Waals surface area (Å²) in [5.41, 5.74) is 0.956. The van der Waals surface area contributed by atoms with Crippen LogP contribution in [0.25, 0.3) is 0 Å².